The van der Waals surface area contributed by atoms with Crippen molar-refractivity contribution in [2.24, 2.45) is 0 Å². The average molecular weight is 460 g/mol. The van der Waals surface area contributed by atoms with E-state index in [2.05, 4.69) is 4.74 Å². The molecule has 0 fully saturated rings. The van der Waals surface area contributed by atoms with Crippen molar-refractivity contribution in [3.63, 3.8) is 0 Å². The molecule has 24 heavy (non-hydrogen) atoms. The lowest BCUT2D eigenvalue weighted by Gasteiger charge is -2.20. The van der Waals surface area contributed by atoms with Gasteiger partial charge in [0.2, 0.25) is 0 Å². The molecule has 0 bridgehead atoms. The number of rotatable bonds is 5. The molecule has 0 saturated heterocycles. The Hall–Kier alpha value is -1.45. The highest BCUT2D eigenvalue weighted by molar-refractivity contribution is 14.1. The smallest absolute Gasteiger partial charge is 0.429 e. The Balaban J connectivity index is 2.40. The summed E-state index contributed by atoms with van der Waals surface area (Å²) in [6, 6.07) is 2.60. The zero-order chi connectivity index (χ0) is 18.1. The maximum absolute atomic E-state index is 14.1. The molecule has 0 amide bonds. The van der Waals surface area contributed by atoms with Crippen LogP contribution in [-0.4, -0.2) is 0 Å². The second-order valence-electron chi connectivity index (χ2n) is 5.00. The van der Waals surface area contributed by atoms with E-state index in [1.54, 1.807) is 6.92 Å². The van der Waals surface area contributed by atoms with Gasteiger partial charge in [0.05, 0.1) is 3.57 Å². The van der Waals surface area contributed by atoms with Gasteiger partial charge in [-0.1, -0.05) is 13.3 Å². The molecule has 2 aromatic carbocycles. The van der Waals surface area contributed by atoms with Gasteiger partial charge in [0.25, 0.3) is 0 Å². The zero-order valence-electron chi connectivity index (χ0n) is 12.3. The zero-order valence-corrected chi connectivity index (χ0v) is 14.4. The average Bonchev–Trinajstić information content (AvgIpc) is 2.43. The highest BCUT2D eigenvalue weighted by atomic mass is 127. The number of hydrogen-bond donors (Lipinski definition) is 0. The molecule has 0 N–H and O–H groups in total. The van der Waals surface area contributed by atoms with Crippen LogP contribution in [0.1, 0.15) is 24.5 Å². The summed E-state index contributed by atoms with van der Waals surface area (Å²) in [6.45, 7) is 1.77. The third-order valence-electron chi connectivity index (χ3n) is 3.13. The van der Waals surface area contributed by atoms with Crippen molar-refractivity contribution < 1.29 is 31.1 Å². The molecule has 2 rings (SSSR count). The SMILES string of the molecule is CCCc1cc(F)c(C(F)(F)Oc2cc(F)c(I)c(F)c2)c(F)c1. The van der Waals surface area contributed by atoms with E-state index in [1.807, 2.05) is 0 Å². The summed E-state index contributed by atoms with van der Waals surface area (Å²) in [7, 11) is 0. The largest absolute Gasteiger partial charge is 0.432 e. The van der Waals surface area contributed by atoms with Crippen molar-refractivity contribution in [3.8, 4) is 5.75 Å². The van der Waals surface area contributed by atoms with E-state index >= 15 is 0 Å². The predicted molar refractivity (Wildman–Crippen MR) is 84.0 cm³/mol. The van der Waals surface area contributed by atoms with Crippen LogP contribution in [0.4, 0.5) is 26.3 Å². The molecule has 2 aromatic rings. The Morgan fingerprint density at radius 3 is 1.88 bits per heavy atom. The Morgan fingerprint density at radius 2 is 1.42 bits per heavy atom. The van der Waals surface area contributed by atoms with Crippen molar-refractivity contribution >= 4 is 22.6 Å². The van der Waals surface area contributed by atoms with Gasteiger partial charge in [0.15, 0.2) is 0 Å². The first kappa shape index (κ1) is 18.9. The summed E-state index contributed by atoms with van der Waals surface area (Å²) in [4.78, 5) is 0. The van der Waals surface area contributed by atoms with Gasteiger partial charge >= 0.3 is 6.11 Å². The van der Waals surface area contributed by atoms with E-state index in [0.29, 0.717) is 25.0 Å². The second kappa shape index (κ2) is 7.20. The first-order valence-electron chi connectivity index (χ1n) is 6.85. The quantitative estimate of drug-likeness (QED) is 0.306. The molecule has 0 aliphatic heterocycles. The molecule has 1 nitrogen and oxygen atoms in total. The van der Waals surface area contributed by atoms with E-state index in [1.165, 1.54) is 22.6 Å². The van der Waals surface area contributed by atoms with Crippen LogP contribution in [0, 0.1) is 26.8 Å². The Kier molecular flexibility index (Phi) is 5.67. The molecule has 0 spiro atoms. The van der Waals surface area contributed by atoms with Gasteiger partial charge < -0.3 is 4.74 Å². The summed E-state index contributed by atoms with van der Waals surface area (Å²) in [5.41, 5.74) is -1.39. The summed E-state index contributed by atoms with van der Waals surface area (Å²) in [6.07, 6.45) is -3.55. The molecule has 0 aromatic heterocycles. The Labute approximate surface area is 147 Å². The van der Waals surface area contributed by atoms with Gasteiger partial charge in [-0.3, -0.25) is 0 Å². The Morgan fingerprint density at radius 1 is 0.917 bits per heavy atom. The van der Waals surface area contributed by atoms with E-state index < -0.39 is 44.3 Å². The molecule has 0 unspecified atom stereocenters. The van der Waals surface area contributed by atoms with Gasteiger partial charge in [-0.25, -0.2) is 17.6 Å². The normalized spacial score (nSPS) is 11.7. The minimum Gasteiger partial charge on any atom is -0.429 e. The fraction of sp³-hybridized carbons (Fsp3) is 0.250. The number of aryl methyl sites for hydroxylation is 1. The van der Waals surface area contributed by atoms with Crippen LogP contribution in [0.3, 0.4) is 0 Å². The lowest BCUT2D eigenvalue weighted by Crippen LogP contribution is -2.25. The number of halogens is 7. The van der Waals surface area contributed by atoms with Crippen molar-refractivity contribution in [2.45, 2.75) is 25.9 Å². The van der Waals surface area contributed by atoms with E-state index in [4.69, 9.17) is 0 Å². The number of ether oxygens (including phenoxy) is 1. The molecule has 0 aliphatic carbocycles. The van der Waals surface area contributed by atoms with Crippen molar-refractivity contribution in [3.05, 3.63) is 62.2 Å². The highest BCUT2D eigenvalue weighted by Crippen LogP contribution is 2.36. The first-order valence-corrected chi connectivity index (χ1v) is 7.93. The third-order valence-corrected chi connectivity index (χ3v) is 4.17. The number of hydrogen-bond acceptors (Lipinski definition) is 1. The van der Waals surface area contributed by atoms with Crippen LogP contribution in [0.5, 0.6) is 5.75 Å². The lowest BCUT2D eigenvalue weighted by atomic mass is 10.1. The van der Waals surface area contributed by atoms with Crippen molar-refractivity contribution in [1.82, 2.24) is 0 Å². The predicted octanol–water partition coefficient (Wildman–Crippen LogP) is 5.93. The fourth-order valence-corrected chi connectivity index (χ4v) is 2.44. The molecule has 8 heteroatoms. The van der Waals surface area contributed by atoms with E-state index in [-0.39, 0.29) is 5.56 Å². The van der Waals surface area contributed by atoms with Crippen LogP contribution in [0.15, 0.2) is 24.3 Å². The van der Waals surface area contributed by atoms with Crippen LogP contribution in [0.25, 0.3) is 0 Å². The van der Waals surface area contributed by atoms with E-state index in [0.717, 1.165) is 12.1 Å². The first-order chi connectivity index (χ1) is 11.2. The topological polar surface area (TPSA) is 9.23 Å². The standard InChI is InChI=1S/C16H11F6IO/c1-2-3-8-4-10(17)14(11(18)5-8)16(21,22)24-9-6-12(19)15(23)13(20)7-9/h4-7H,2-3H2,1H3. The van der Waals surface area contributed by atoms with Crippen LogP contribution >= 0.6 is 22.6 Å². The van der Waals surface area contributed by atoms with Gasteiger partial charge in [-0.2, -0.15) is 8.78 Å². The molecule has 0 radical (unpaired) electrons. The molecular weight excluding hydrogens is 449 g/mol. The molecular formula is C16H11F6IO. The maximum atomic E-state index is 14.1. The molecule has 130 valence electrons. The second-order valence-corrected chi connectivity index (χ2v) is 6.08. The van der Waals surface area contributed by atoms with Crippen LogP contribution in [0.2, 0.25) is 0 Å². The summed E-state index contributed by atoms with van der Waals surface area (Å²) >= 11 is 1.34. The van der Waals surface area contributed by atoms with Crippen molar-refractivity contribution in [2.75, 3.05) is 0 Å². The number of benzene rings is 2. The summed E-state index contributed by atoms with van der Waals surface area (Å²) in [5, 5.41) is 0. The maximum Gasteiger partial charge on any atom is 0.432 e. The minimum absolute atomic E-state index is 0.221. The molecule has 0 saturated carbocycles. The van der Waals surface area contributed by atoms with Gasteiger partial charge in [0, 0.05) is 12.1 Å². The molecule has 0 aliphatic rings. The lowest BCUT2D eigenvalue weighted by molar-refractivity contribution is -0.189. The highest BCUT2D eigenvalue weighted by Gasteiger charge is 2.41. The molecule has 0 atom stereocenters. The fourth-order valence-electron chi connectivity index (χ4n) is 2.13. The minimum atomic E-state index is -4.44. The van der Waals surface area contributed by atoms with Gasteiger partial charge in [-0.05, 0) is 46.7 Å². The number of alkyl halides is 2. The van der Waals surface area contributed by atoms with Crippen LogP contribution in [-0.2, 0) is 12.5 Å². The molecule has 0 heterocycles. The summed E-state index contributed by atoms with van der Waals surface area (Å²) < 4.78 is 86.5. The van der Waals surface area contributed by atoms with Gasteiger partial charge in [0.1, 0.15) is 34.6 Å². The van der Waals surface area contributed by atoms with E-state index in [9.17, 15) is 26.3 Å². The Bertz CT molecular complexity index is 716. The van der Waals surface area contributed by atoms with Gasteiger partial charge in [-0.15, -0.1) is 0 Å². The summed E-state index contributed by atoms with van der Waals surface area (Å²) in [5.74, 6) is -6.11. The monoisotopic (exact) mass is 460 g/mol. The third kappa shape index (κ3) is 3.96. The van der Waals surface area contributed by atoms with Crippen molar-refractivity contribution in [1.29, 1.82) is 0 Å². The van der Waals surface area contributed by atoms with Crippen LogP contribution < -0.4 is 4.74 Å².